The molecule has 0 radical (unpaired) electrons. The average molecular weight is 397 g/mol. The molecule has 0 aliphatic carbocycles. The van der Waals surface area contributed by atoms with Crippen molar-refractivity contribution in [2.45, 2.75) is 26.4 Å². The molecule has 29 heavy (non-hydrogen) atoms. The SMILES string of the molecule is CC(C)NC(=O)COc1ccc(/C=N\NC(=O)C(=O)NCc2cccnc2)cc1. The van der Waals surface area contributed by atoms with Crippen molar-refractivity contribution in [3.63, 3.8) is 0 Å². The van der Waals surface area contributed by atoms with Crippen molar-refractivity contribution in [2.75, 3.05) is 6.61 Å². The van der Waals surface area contributed by atoms with Gasteiger partial charge in [-0.25, -0.2) is 5.43 Å². The summed E-state index contributed by atoms with van der Waals surface area (Å²) in [5.41, 5.74) is 3.62. The summed E-state index contributed by atoms with van der Waals surface area (Å²) in [5.74, 6) is -1.34. The van der Waals surface area contributed by atoms with Crippen LogP contribution in [0.3, 0.4) is 0 Å². The highest BCUT2D eigenvalue weighted by atomic mass is 16.5. The highest BCUT2D eigenvalue weighted by molar-refractivity contribution is 6.35. The highest BCUT2D eigenvalue weighted by Crippen LogP contribution is 2.10. The summed E-state index contributed by atoms with van der Waals surface area (Å²) < 4.78 is 5.38. The van der Waals surface area contributed by atoms with Crippen molar-refractivity contribution >= 4 is 23.9 Å². The molecule has 9 nitrogen and oxygen atoms in total. The zero-order valence-corrected chi connectivity index (χ0v) is 16.2. The van der Waals surface area contributed by atoms with E-state index in [1.165, 1.54) is 6.21 Å². The zero-order valence-electron chi connectivity index (χ0n) is 16.2. The van der Waals surface area contributed by atoms with Crippen LogP contribution in [0.15, 0.2) is 53.9 Å². The number of hydrazone groups is 1. The summed E-state index contributed by atoms with van der Waals surface area (Å²) >= 11 is 0. The number of aromatic nitrogens is 1. The summed E-state index contributed by atoms with van der Waals surface area (Å²) in [4.78, 5) is 38.9. The van der Waals surface area contributed by atoms with Crippen molar-refractivity contribution in [2.24, 2.45) is 5.10 Å². The molecule has 1 heterocycles. The fraction of sp³-hybridized carbons (Fsp3) is 0.250. The third kappa shape index (κ3) is 8.21. The Labute approximate surface area is 168 Å². The van der Waals surface area contributed by atoms with Crippen molar-refractivity contribution in [3.05, 3.63) is 59.9 Å². The number of carbonyl (C=O) groups excluding carboxylic acids is 3. The third-order valence-corrected chi connectivity index (χ3v) is 3.46. The van der Waals surface area contributed by atoms with E-state index in [1.807, 2.05) is 13.8 Å². The molecule has 0 unspecified atom stereocenters. The lowest BCUT2D eigenvalue weighted by atomic mass is 10.2. The minimum absolute atomic E-state index is 0.0531. The summed E-state index contributed by atoms with van der Waals surface area (Å²) in [6, 6.07) is 10.3. The molecule has 0 spiro atoms. The summed E-state index contributed by atoms with van der Waals surface area (Å²) in [6.07, 6.45) is 4.61. The number of nitrogens with one attached hydrogen (secondary N) is 3. The lowest BCUT2D eigenvalue weighted by molar-refractivity contribution is -0.139. The molecule has 0 saturated carbocycles. The van der Waals surface area contributed by atoms with Gasteiger partial charge in [0.05, 0.1) is 6.21 Å². The van der Waals surface area contributed by atoms with Gasteiger partial charge in [0.1, 0.15) is 5.75 Å². The Kier molecular flexibility index (Phi) is 8.30. The van der Waals surface area contributed by atoms with Gasteiger partial charge in [0.25, 0.3) is 5.91 Å². The van der Waals surface area contributed by atoms with Crippen LogP contribution in [-0.2, 0) is 20.9 Å². The van der Waals surface area contributed by atoms with Gasteiger partial charge in [0.2, 0.25) is 0 Å². The van der Waals surface area contributed by atoms with Gasteiger partial charge in [-0.2, -0.15) is 5.10 Å². The van der Waals surface area contributed by atoms with Gasteiger partial charge in [-0.15, -0.1) is 0 Å². The standard InChI is InChI=1S/C20H23N5O4/c1-14(2)24-18(26)13-29-17-7-5-15(6-8-17)12-23-25-20(28)19(27)22-11-16-4-3-9-21-10-16/h3-10,12,14H,11,13H2,1-2H3,(H,22,27)(H,24,26)(H,25,28)/b23-12-. The van der Waals surface area contributed by atoms with E-state index in [4.69, 9.17) is 4.74 Å². The minimum Gasteiger partial charge on any atom is -0.484 e. The zero-order chi connectivity index (χ0) is 21.1. The van der Waals surface area contributed by atoms with Crippen LogP contribution < -0.4 is 20.8 Å². The second-order valence-electron chi connectivity index (χ2n) is 6.32. The molecule has 0 aliphatic rings. The molecule has 0 atom stereocenters. The van der Waals surface area contributed by atoms with Crippen molar-refractivity contribution < 1.29 is 19.1 Å². The molecule has 1 aromatic heterocycles. The molecule has 2 aromatic rings. The molecule has 0 fully saturated rings. The Morgan fingerprint density at radius 3 is 2.55 bits per heavy atom. The van der Waals surface area contributed by atoms with Gasteiger partial charge in [-0.05, 0) is 55.3 Å². The molecule has 0 aliphatic heterocycles. The van der Waals surface area contributed by atoms with Gasteiger partial charge >= 0.3 is 11.8 Å². The average Bonchev–Trinajstić information content (AvgIpc) is 2.71. The van der Waals surface area contributed by atoms with E-state index in [9.17, 15) is 14.4 Å². The number of hydrogen-bond acceptors (Lipinski definition) is 6. The second-order valence-corrected chi connectivity index (χ2v) is 6.32. The van der Waals surface area contributed by atoms with Crippen LogP contribution in [-0.4, -0.2) is 41.6 Å². The normalized spacial score (nSPS) is 10.6. The first kappa shape index (κ1) is 21.5. The Balaban J connectivity index is 1.74. The number of hydrogen-bond donors (Lipinski definition) is 3. The van der Waals surface area contributed by atoms with E-state index < -0.39 is 11.8 Å². The molecule has 0 bridgehead atoms. The van der Waals surface area contributed by atoms with Gasteiger partial charge in [-0.1, -0.05) is 6.07 Å². The largest absolute Gasteiger partial charge is 0.484 e. The molecular formula is C20H23N5O4. The summed E-state index contributed by atoms with van der Waals surface area (Å²) in [7, 11) is 0. The second kappa shape index (κ2) is 11.2. The van der Waals surface area contributed by atoms with Crippen LogP contribution in [0, 0.1) is 0 Å². The third-order valence-electron chi connectivity index (χ3n) is 3.46. The Hall–Kier alpha value is -3.75. The number of amides is 3. The van der Waals surface area contributed by atoms with Crippen LogP contribution >= 0.6 is 0 Å². The van der Waals surface area contributed by atoms with Crippen LogP contribution in [0.4, 0.5) is 0 Å². The van der Waals surface area contributed by atoms with Crippen LogP contribution in [0.25, 0.3) is 0 Å². The molecule has 2 rings (SSSR count). The van der Waals surface area contributed by atoms with E-state index in [-0.39, 0.29) is 25.1 Å². The Bertz CT molecular complexity index is 851. The predicted molar refractivity (Wildman–Crippen MR) is 107 cm³/mol. The highest BCUT2D eigenvalue weighted by Gasteiger charge is 2.11. The number of nitrogens with zero attached hydrogens (tertiary/aromatic N) is 2. The lowest BCUT2D eigenvalue weighted by Gasteiger charge is -2.09. The maximum Gasteiger partial charge on any atom is 0.329 e. The Morgan fingerprint density at radius 2 is 1.90 bits per heavy atom. The molecule has 3 N–H and O–H groups in total. The molecule has 152 valence electrons. The molecule has 9 heteroatoms. The summed E-state index contributed by atoms with van der Waals surface area (Å²) in [5, 5.41) is 8.96. The van der Waals surface area contributed by atoms with E-state index in [0.29, 0.717) is 11.3 Å². The molecule has 3 amide bonds. The van der Waals surface area contributed by atoms with Crippen molar-refractivity contribution in [1.82, 2.24) is 21.0 Å². The predicted octanol–water partition coefficient (Wildman–Crippen LogP) is 0.752. The number of ether oxygens (including phenoxy) is 1. The van der Waals surface area contributed by atoms with Crippen LogP contribution in [0.5, 0.6) is 5.75 Å². The number of carbonyl (C=O) groups is 3. The number of rotatable bonds is 8. The first-order valence-corrected chi connectivity index (χ1v) is 8.96. The maximum atomic E-state index is 11.7. The number of benzene rings is 1. The topological polar surface area (TPSA) is 122 Å². The van der Waals surface area contributed by atoms with Crippen LogP contribution in [0.1, 0.15) is 25.0 Å². The van der Waals surface area contributed by atoms with Gasteiger partial charge in [0.15, 0.2) is 6.61 Å². The maximum absolute atomic E-state index is 11.7. The molecule has 1 aromatic carbocycles. The van der Waals surface area contributed by atoms with Gasteiger partial charge in [0, 0.05) is 25.0 Å². The van der Waals surface area contributed by atoms with E-state index in [1.54, 1.807) is 48.8 Å². The fourth-order valence-electron chi connectivity index (χ4n) is 2.14. The van der Waals surface area contributed by atoms with Crippen molar-refractivity contribution in [3.8, 4) is 5.75 Å². The van der Waals surface area contributed by atoms with E-state index in [2.05, 4.69) is 26.1 Å². The van der Waals surface area contributed by atoms with Gasteiger partial charge < -0.3 is 15.4 Å². The van der Waals surface area contributed by atoms with Gasteiger partial charge in [-0.3, -0.25) is 19.4 Å². The van der Waals surface area contributed by atoms with Crippen LogP contribution in [0.2, 0.25) is 0 Å². The molecular weight excluding hydrogens is 374 g/mol. The monoisotopic (exact) mass is 397 g/mol. The first-order valence-electron chi connectivity index (χ1n) is 8.96. The number of pyridine rings is 1. The lowest BCUT2D eigenvalue weighted by Crippen LogP contribution is -2.37. The van der Waals surface area contributed by atoms with Crippen molar-refractivity contribution in [1.29, 1.82) is 0 Å². The fourth-order valence-corrected chi connectivity index (χ4v) is 2.14. The van der Waals surface area contributed by atoms with E-state index >= 15 is 0 Å². The Morgan fingerprint density at radius 1 is 1.14 bits per heavy atom. The molecule has 0 saturated heterocycles. The minimum atomic E-state index is -0.874. The summed E-state index contributed by atoms with van der Waals surface area (Å²) in [6.45, 7) is 3.86. The quantitative estimate of drug-likeness (QED) is 0.345. The first-order chi connectivity index (χ1) is 13.9. The van der Waals surface area contributed by atoms with E-state index in [0.717, 1.165) is 5.56 Å². The smallest absolute Gasteiger partial charge is 0.329 e.